The molecule has 1 N–H and O–H groups in total. The Bertz CT molecular complexity index is 1760. The molecule has 2 atom stereocenters. The van der Waals surface area contributed by atoms with E-state index in [1.807, 2.05) is 6.07 Å². The molecule has 13 heteroatoms. The summed E-state index contributed by atoms with van der Waals surface area (Å²) in [5, 5.41) is 17.6. The molecule has 1 aliphatic heterocycles. The third kappa shape index (κ3) is 7.51. The minimum atomic E-state index is -4.77. The summed E-state index contributed by atoms with van der Waals surface area (Å²) in [6.45, 7) is 8.52. The minimum Gasteiger partial charge on any atom is -0.406 e. The Labute approximate surface area is 269 Å². The van der Waals surface area contributed by atoms with Crippen LogP contribution in [0.15, 0.2) is 78.0 Å². The van der Waals surface area contributed by atoms with Crippen molar-refractivity contribution < 1.29 is 22.7 Å². The van der Waals surface area contributed by atoms with E-state index in [0.717, 1.165) is 17.9 Å². The maximum absolute atomic E-state index is 13.2. The van der Waals surface area contributed by atoms with E-state index in [4.69, 9.17) is 0 Å². The van der Waals surface area contributed by atoms with Gasteiger partial charge in [-0.3, -0.25) is 0 Å². The first kappa shape index (κ1) is 32.6. The number of amidine groups is 1. The summed E-state index contributed by atoms with van der Waals surface area (Å²) < 4.78 is 42.7. The highest BCUT2D eigenvalue weighted by Crippen LogP contribution is 2.36. The number of nitrogens with one attached hydrogen (secondary N) is 1. The lowest BCUT2D eigenvalue weighted by atomic mass is 9.95. The largest absolute Gasteiger partial charge is 0.573 e. The van der Waals surface area contributed by atoms with Gasteiger partial charge < -0.3 is 15.0 Å². The van der Waals surface area contributed by atoms with E-state index in [2.05, 4.69) is 75.9 Å². The van der Waals surface area contributed by atoms with Crippen molar-refractivity contribution in [3.05, 3.63) is 89.7 Å². The summed E-state index contributed by atoms with van der Waals surface area (Å²) in [7, 11) is 0. The van der Waals surface area contributed by atoms with E-state index in [0.29, 0.717) is 27.8 Å². The lowest BCUT2D eigenvalue weighted by molar-refractivity contribution is -0.274. The summed E-state index contributed by atoms with van der Waals surface area (Å²) >= 11 is 1.52. The molecular formula is C33H32F3N7O2S. The predicted molar refractivity (Wildman–Crippen MR) is 172 cm³/mol. The van der Waals surface area contributed by atoms with Crippen LogP contribution in [0.3, 0.4) is 0 Å². The first-order valence-corrected chi connectivity index (χ1v) is 15.6. The molecule has 0 saturated carbocycles. The van der Waals surface area contributed by atoms with Crippen LogP contribution in [-0.2, 0) is 0 Å². The molecule has 2 amide bonds. The number of hydrogen-bond donors (Lipinski definition) is 1. The molecule has 1 aromatic heterocycles. The number of hydrogen-bond acceptors (Lipinski definition) is 6. The molecule has 238 valence electrons. The van der Waals surface area contributed by atoms with E-state index >= 15 is 0 Å². The normalized spacial score (nSPS) is 16.7. The monoisotopic (exact) mass is 647 g/mol. The Morgan fingerprint density at radius 3 is 2.50 bits per heavy atom. The molecule has 1 saturated heterocycles. The molecule has 2 unspecified atom stereocenters. The first-order chi connectivity index (χ1) is 21.9. The molecule has 0 radical (unpaired) electrons. The quantitative estimate of drug-likeness (QED) is 0.217. The smallest absolute Gasteiger partial charge is 0.406 e. The third-order valence-corrected chi connectivity index (χ3v) is 8.46. The van der Waals surface area contributed by atoms with Crippen LogP contribution in [-0.4, -0.2) is 44.1 Å². The fourth-order valence-electron chi connectivity index (χ4n) is 5.34. The number of thioether (sulfide) groups is 1. The first-order valence-electron chi connectivity index (χ1n) is 14.6. The summed E-state index contributed by atoms with van der Waals surface area (Å²) in [6.07, 6.45) is -2.39. The molecular weight excluding hydrogens is 615 g/mol. The predicted octanol–water partition coefficient (Wildman–Crippen LogP) is 7.93. The van der Waals surface area contributed by atoms with Crippen molar-refractivity contribution in [2.45, 2.75) is 58.5 Å². The van der Waals surface area contributed by atoms with Crippen LogP contribution in [0.5, 0.6) is 5.75 Å². The molecule has 0 spiro atoms. The van der Waals surface area contributed by atoms with Gasteiger partial charge in [0.15, 0.2) is 11.0 Å². The van der Waals surface area contributed by atoms with E-state index in [9.17, 15) is 23.2 Å². The minimum absolute atomic E-state index is 0.145. The Morgan fingerprint density at radius 2 is 1.85 bits per heavy atom. The highest BCUT2D eigenvalue weighted by molar-refractivity contribution is 8.14. The molecule has 2 heterocycles. The van der Waals surface area contributed by atoms with Gasteiger partial charge in [0.25, 0.3) is 0 Å². The number of aromatic nitrogens is 3. The number of aliphatic imine (C=N–C) groups is 1. The Hall–Kier alpha value is -4.83. The van der Waals surface area contributed by atoms with Crippen molar-refractivity contribution in [1.82, 2.24) is 20.1 Å². The fraction of sp³-hybridized carbons (Fsp3) is 0.303. The number of rotatable bonds is 7. The average molecular weight is 648 g/mol. The second-order valence-electron chi connectivity index (χ2n) is 11.1. The van der Waals surface area contributed by atoms with Gasteiger partial charge in [0.2, 0.25) is 0 Å². The summed E-state index contributed by atoms with van der Waals surface area (Å²) in [4.78, 5) is 24.0. The molecule has 1 fully saturated rings. The number of urea groups is 1. The highest BCUT2D eigenvalue weighted by Gasteiger charge is 2.31. The van der Waals surface area contributed by atoms with Gasteiger partial charge in [0, 0.05) is 23.0 Å². The average Bonchev–Trinajstić information content (AvgIpc) is 3.50. The van der Waals surface area contributed by atoms with Gasteiger partial charge in [0.05, 0.1) is 11.8 Å². The van der Waals surface area contributed by atoms with Crippen LogP contribution in [0.2, 0.25) is 0 Å². The Balaban J connectivity index is 1.29. The molecule has 4 aromatic rings. The number of carbonyl (C=O) groups excluding carboxylic acids is 1. The van der Waals surface area contributed by atoms with Gasteiger partial charge in [0.1, 0.15) is 18.1 Å². The van der Waals surface area contributed by atoms with Crippen molar-refractivity contribution in [2.75, 3.05) is 10.7 Å². The lowest BCUT2D eigenvalue weighted by Crippen LogP contribution is -2.43. The fourth-order valence-corrected chi connectivity index (χ4v) is 6.54. The van der Waals surface area contributed by atoms with Crippen LogP contribution in [0.25, 0.3) is 17.1 Å². The molecule has 0 bridgehead atoms. The van der Waals surface area contributed by atoms with Crippen LogP contribution in [0.1, 0.15) is 55.8 Å². The van der Waals surface area contributed by atoms with Crippen molar-refractivity contribution >= 4 is 28.6 Å². The summed E-state index contributed by atoms with van der Waals surface area (Å²) in [5.74, 6) is 1.14. The van der Waals surface area contributed by atoms with E-state index in [1.54, 1.807) is 24.3 Å². The second-order valence-corrected chi connectivity index (χ2v) is 12.2. The number of amides is 2. The van der Waals surface area contributed by atoms with Crippen LogP contribution in [0, 0.1) is 18.3 Å². The van der Waals surface area contributed by atoms with Gasteiger partial charge in [-0.2, -0.15) is 10.3 Å². The zero-order valence-corrected chi connectivity index (χ0v) is 26.4. The van der Waals surface area contributed by atoms with E-state index in [1.165, 1.54) is 58.2 Å². The zero-order chi connectivity index (χ0) is 33.0. The summed E-state index contributed by atoms with van der Waals surface area (Å²) in [6, 6.07) is 19.0. The van der Waals surface area contributed by atoms with Crippen molar-refractivity contribution in [2.24, 2.45) is 4.99 Å². The van der Waals surface area contributed by atoms with Gasteiger partial charge in [-0.05, 0) is 73.2 Å². The molecule has 3 aromatic carbocycles. The number of anilines is 1. The molecule has 46 heavy (non-hydrogen) atoms. The molecule has 5 rings (SSSR count). The highest BCUT2D eigenvalue weighted by atomic mass is 32.2. The zero-order valence-electron chi connectivity index (χ0n) is 25.6. The van der Waals surface area contributed by atoms with Gasteiger partial charge in [-0.25, -0.2) is 14.5 Å². The van der Waals surface area contributed by atoms with Crippen LogP contribution >= 0.6 is 11.8 Å². The van der Waals surface area contributed by atoms with Gasteiger partial charge in [-0.1, -0.05) is 62.0 Å². The number of nitrogens with zero attached hydrogens (tertiary/aromatic N) is 6. The number of halogens is 3. The van der Waals surface area contributed by atoms with Crippen LogP contribution < -0.4 is 15.0 Å². The number of nitriles is 1. The lowest BCUT2D eigenvalue weighted by Gasteiger charge is -2.37. The van der Waals surface area contributed by atoms with Gasteiger partial charge >= 0.3 is 12.4 Å². The van der Waals surface area contributed by atoms with E-state index < -0.39 is 18.4 Å². The van der Waals surface area contributed by atoms with Crippen LogP contribution in [0.4, 0.5) is 23.7 Å². The standard InChI is InChI=1S/C33H32F3N7O2S/c1-20(2)29-21(3)6-5-7-28(29)43-22(4)16-17-46-32(43)40-31(44)39-27(18-37)23-8-10-24(11-9-23)30-38-19-42(41-30)25-12-14-26(15-13-25)45-33(34,35)36/h5-15,19-20,22,27H,16-17H2,1-4H3,(H,39,44). The molecule has 9 nitrogen and oxygen atoms in total. The second kappa shape index (κ2) is 13.7. The van der Waals surface area contributed by atoms with Crippen molar-refractivity contribution in [3.8, 4) is 28.9 Å². The van der Waals surface area contributed by atoms with Crippen molar-refractivity contribution in [1.29, 1.82) is 5.26 Å². The number of carbonyl (C=O) groups is 1. The summed E-state index contributed by atoms with van der Waals surface area (Å²) in [5.41, 5.74) is 5.13. The topological polar surface area (TPSA) is 108 Å². The van der Waals surface area contributed by atoms with Gasteiger partial charge in [-0.15, -0.1) is 18.3 Å². The maximum atomic E-state index is 13.2. The Morgan fingerprint density at radius 1 is 1.13 bits per heavy atom. The molecule has 1 aliphatic rings. The maximum Gasteiger partial charge on any atom is 0.573 e. The number of ether oxygens (including phenoxy) is 1. The number of alkyl halides is 3. The van der Waals surface area contributed by atoms with E-state index in [-0.39, 0.29) is 17.7 Å². The third-order valence-electron chi connectivity index (χ3n) is 7.47. The number of benzene rings is 3. The Kier molecular flexibility index (Phi) is 9.67. The number of aryl methyl sites for hydroxylation is 1. The van der Waals surface area contributed by atoms with Crippen molar-refractivity contribution in [3.63, 3.8) is 0 Å². The molecule has 0 aliphatic carbocycles. The SMILES string of the molecule is Cc1cccc(N2C(=NC(=O)NC(C#N)c3ccc(-c4ncn(-c5ccc(OC(F)(F)F)cc5)n4)cc3)SCCC2C)c1C(C)C.